The summed E-state index contributed by atoms with van der Waals surface area (Å²) in [4.78, 5) is 0. The van der Waals surface area contributed by atoms with Crippen molar-refractivity contribution in [1.82, 2.24) is 0 Å². The van der Waals surface area contributed by atoms with Gasteiger partial charge >= 0.3 is 0 Å². The maximum atomic E-state index is 5.91. The Balaban J connectivity index is 3.44. The molecule has 0 aromatic carbocycles. The van der Waals surface area contributed by atoms with Gasteiger partial charge in [0.25, 0.3) is 0 Å². The standard InChI is InChI=1S/C20H42O/c1-4-7-9-11-13-15-17-19-20(21-6-3)18-16-14-12-10-8-5-2/h20H,4-19H2,1-3H3. The summed E-state index contributed by atoms with van der Waals surface area (Å²) in [5.74, 6) is 0. The van der Waals surface area contributed by atoms with Crippen LogP contribution in [0, 0.1) is 0 Å². The van der Waals surface area contributed by atoms with Gasteiger partial charge in [-0.25, -0.2) is 0 Å². The zero-order valence-electron chi connectivity index (χ0n) is 15.3. The van der Waals surface area contributed by atoms with Crippen LogP contribution in [0.1, 0.15) is 117 Å². The van der Waals surface area contributed by atoms with Crippen LogP contribution >= 0.6 is 0 Å². The molecule has 0 rings (SSSR count). The molecular formula is C20H42O. The van der Waals surface area contributed by atoms with Crippen molar-refractivity contribution in [3.63, 3.8) is 0 Å². The summed E-state index contributed by atoms with van der Waals surface area (Å²) in [6.07, 6.45) is 21.3. The van der Waals surface area contributed by atoms with Crippen LogP contribution < -0.4 is 0 Å². The second-order valence-electron chi connectivity index (χ2n) is 6.54. The van der Waals surface area contributed by atoms with Crippen LogP contribution in [0.2, 0.25) is 0 Å². The molecule has 1 heteroatoms. The van der Waals surface area contributed by atoms with Gasteiger partial charge in [-0.05, 0) is 19.8 Å². The smallest absolute Gasteiger partial charge is 0.0575 e. The number of unbranched alkanes of at least 4 members (excludes halogenated alkanes) is 11. The molecule has 0 amide bonds. The molecular weight excluding hydrogens is 256 g/mol. The van der Waals surface area contributed by atoms with E-state index >= 15 is 0 Å². The molecule has 0 heterocycles. The summed E-state index contributed by atoms with van der Waals surface area (Å²) < 4.78 is 5.91. The molecule has 0 aromatic heterocycles. The Morgan fingerprint density at radius 3 is 1.29 bits per heavy atom. The monoisotopic (exact) mass is 298 g/mol. The van der Waals surface area contributed by atoms with Crippen molar-refractivity contribution in [2.24, 2.45) is 0 Å². The molecule has 0 aliphatic carbocycles. The van der Waals surface area contributed by atoms with Gasteiger partial charge in [0.2, 0.25) is 0 Å². The maximum absolute atomic E-state index is 5.91. The minimum absolute atomic E-state index is 0.539. The summed E-state index contributed by atoms with van der Waals surface area (Å²) in [5.41, 5.74) is 0. The highest BCUT2D eigenvalue weighted by atomic mass is 16.5. The number of hydrogen-bond acceptors (Lipinski definition) is 1. The molecule has 0 N–H and O–H groups in total. The first-order chi connectivity index (χ1) is 10.3. The van der Waals surface area contributed by atoms with Gasteiger partial charge < -0.3 is 4.74 Å². The van der Waals surface area contributed by atoms with Gasteiger partial charge in [0, 0.05) is 6.61 Å². The second kappa shape index (κ2) is 18.0. The first-order valence-electron chi connectivity index (χ1n) is 9.96. The molecule has 0 aromatic rings. The Morgan fingerprint density at radius 1 is 0.524 bits per heavy atom. The van der Waals surface area contributed by atoms with E-state index in [2.05, 4.69) is 20.8 Å². The van der Waals surface area contributed by atoms with Crippen molar-refractivity contribution in [3.05, 3.63) is 0 Å². The van der Waals surface area contributed by atoms with Gasteiger partial charge in [0.1, 0.15) is 0 Å². The molecule has 128 valence electrons. The third kappa shape index (κ3) is 16.2. The van der Waals surface area contributed by atoms with E-state index in [9.17, 15) is 0 Å². The molecule has 0 radical (unpaired) electrons. The summed E-state index contributed by atoms with van der Waals surface area (Å²) in [6.45, 7) is 7.60. The predicted octanol–water partition coefficient (Wildman–Crippen LogP) is 7.28. The molecule has 21 heavy (non-hydrogen) atoms. The quantitative estimate of drug-likeness (QED) is 0.256. The SMILES string of the molecule is CCCCCCCCCC(CCCCCCCC)OCC. The first-order valence-corrected chi connectivity index (χ1v) is 9.96. The lowest BCUT2D eigenvalue weighted by Gasteiger charge is -2.17. The lowest BCUT2D eigenvalue weighted by atomic mass is 10.0. The minimum Gasteiger partial charge on any atom is -0.379 e. The van der Waals surface area contributed by atoms with Crippen molar-refractivity contribution < 1.29 is 4.74 Å². The number of ether oxygens (including phenoxy) is 1. The van der Waals surface area contributed by atoms with Gasteiger partial charge in [0.05, 0.1) is 6.10 Å². The van der Waals surface area contributed by atoms with Crippen LogP contribution in [-0.2, 0) is 4.74 Å². The number of rotatable bonds is 17. The highest BCUT2D eigenvalue weighted by Gasteiger charge is 2.07. The molecule has 0 aliphatic heterocycles. The van der Waals surface area contributed by atoms with E-state index in [0.717, 1.165) is 6.61 Å². The fourth-order valence-electron chi connectivity index (χ4n) is 3.03. The molecule has 0 bridgehead atoms. The van der Waals surface area contributed by atoms with Gasteiger partial charge in [-0.15, -0.1) is 0 Å². The molecule has 0 saturated heterocycles. The third-order valence-corrected chi connectivity index (χ3v) is 4.41. The third-order valence-electron chi connectivity index (χ3n) is 4.41. The van der Waals surface area contributed by atoms with Gasteiger partial charge in [0.15, 0.2) is 0 Å². The van der Waals surface area contributed by atoms with Crippen LogP contribution in [0.15, 0.2) is 0 Å². The lowest BCUT2D eigenvalue weighted by molar-refractivity contribution is 0.0470. The van der Waals surface area contributed by atoms with Crippen LogP contribution in [0.4, 0.5) is 0 Å². The van der Waals surface area contributed by atoms with Crippen LogP contribution in [0.25, 0.3) is 0 Å². The predicted molar refractivity (Wildman–Crippen MR) is 96.0 cm³/mol. The van der Waals surface area contributed by atoms with E-state index < -0.39 is 0 Å². The zero-order valence-corrected chi connectivity index (χ0v) is 15.3. The topological polar surface area (TPSA) is 9.23 Å². The average Bonchev–Trinajstić information content (AvgIpc) is 2.49. The van der Waals surface area contributed by atoms with E-state index in [4.69, 9.17) is 4.74 Å². The molecule has 1 unspecified atom stereocenters. The molecule has 1 nitrogen and oxygen atoms in total. The molecule has 0 aliphatic rings. The highest BCUT2D eigenvalue weighted by Crippen LogP contribution is 2.16. The largest absolute Gasteiger partial charge is 0.379 e. The lowest BCUT2D eigenvalue weighted by Crippen LogP contribution is -2.12. The zero-order chi connectivity index (χ0) is 15.6. The molecule has 0 spiro atoms. The van der Waals surface area contributed by atoms with E-state index in [1.54, 1.807) is 0 Å². The van der Waals surface area contributed by atoms with Crippen molar-refractivity contribution in [2.45, 2.75) is 123 Å². The Kier molecular flexibility index (Phi) is 18.0. The fraction of sp³-hybridized carbons (Fsp3) is 1.00. The minimum atomic E-state index is 0.539. The average molecular weight is 299 g/mol. The first kappa shape index (κ1) is 21.0. The Labute approximate surface area is 135 Å². The van der Waals surface area contributed by atoms with Crippen molar-refractivity contribution in [3.8, 4) is 0 Å². The summed E-state index contributed by atoms with van der Waals surface area (Å²) in [5, 5.41) is 0. The van der Waals surface area contributed by atoms with Gasteiger partial charge in [-0.1, -0.05) is 97.3 Å². The fourth-order valence-corrected chi connectivity index (χ4v) is 3.03. The summed E-state index contributed by atoms with van der Waals surface area (Å²) in [7, 11) is 0. The second-order valence-corrected chi connectivity index (χ2v) is 6.54. The highest BCUT2D eigenvalue weighted by molar-refractivity contribution is 4.60. The van der Waals surface area contributed by atoms with Crippen LogP contribution in [-0.4, -0.2) is 12.7 Å². The Bertz CT molecular complexity index is 179. The molecule has 0 saturated carbocycles. The maximum Gasteiger partial charge on any atom is 0.0575 e. The van der Waals surface area contributed by atoms with Crippen molar-refractivity contribution >= 4 is 0 Å². The van der Waals surface area contributed by atoms with E-state index in [1.807, 2.05) is 0 Å². The van der Waals surface area contributed by atoms with E-state index in [1.165, 1.54) is 96.3 Å². The summed E-state index contributed by atoms with van der Waals surface area (Å²) >= 11 is 0. The van der Waals surface area contributed by atoms with Gasteiger partial charge in [-0.2, -0.15) is 0 Å². The summed E-state index contributed by atoms with van der Waals surface area (Å²) in [6, 6.07) is 0. The van der Waals surface area contributed by atoms with Crippen LogP contribution in [0.3, 0.4) is 0 Å². The Morgan fingerprint density at radius 2 is 0.905 bits per heavy atom. The molecule has 1 atom stereocenters. The number of hydrogen-bond donors (Lipinski definition) is 0. The van der Waals surface area contributed by atoms with Gasteiger partial charge in [-0.3, -0.25) is 0 Å². The van der Waals surface area contributed by atoms with E-state index in [-0.39, 0.29) is 0 Å². The Hall–Kier alpha value is -0.0400. The van der Waals surface area contributed by atoms with Crippen LogP contribution in [0.5, 0.6) is 0 Å². The van der Waals surface area contributed by atoms with E-state index in [0.29, 0.717) is 6.10 Å². The van der Waals surface area contributed by atoms with Crippen molar-refractivity contribution in [1.29, 1.82) is 0 Å². The van der Waals surface area contributed by atoms with Crippen molar-refractivity contribution in [2.75, 3.05) is 6.61 Å². The normalized spacial score (nSPS) is 12.7. The molecule has 0 fully saturated rings.